The molecule has 0 aliphatic carbocycles. The number of rotatable bonds is 6. The Hall–Kier alpha value is -2.22. The maximum Gasteiger partial charge on any atom is 0.442 e. The number of carbonyl (C=O) groups is 1. The van der Waals surface area contributed by atoms with Gasteiger partial charge in [0.25, 0.3) is 0 Å². The number of aromatic nitrogens is 2. The zero-order valence-corrected chi connectivity index (χ0v) is 16.6. The third kappa shape index (κ3) is 4.74. The van der Waals surface area contributed by atoms with Crippen molar-refractivity contribution in [3.8, 4) is 5.69 Å². The van der Waals surface area contributed by atoms with Crippen molar-refractivity contribution in [3.63, 3.8) is 0 Å². The molecule has 0 bridgehead atoms. The quantitative estimate of drug-likeness (QED) is 0.461. The summed E-state index contributed by atoms with van der Waals surface area (Å²) in [5.74, 6) is -0.263. The van der Waals surface area contributed by atoms with Gasteiger partial charge in [0.15, 0.2) is 0 Å². The molecular formula is C18H16Cl2N3O3S+. The molecule has 0 saturated heterocycles. The molecule has 0 radical (unpaired) electrons. The lowest BCUT2D eigenvalue weighted by Crippen LogP contribution is -2.37. The normalized spacial score (nSPS) is 12.0. The lowest BCUT2D eigenvalue weighted by atomic mass is 10.2. The minimum atomic E-state index is -0.541. The third-order valence-corrected chi connectivity index (χ3v) is 5.51. The van der Waals surface area contributed by atoms with Crippen molar-refractivity contribution in [2.45, 2.75) is 23.6 Å². The predicted octanol–water partition coefficient (Wildman–Crippen LogP) is 4.06. The molecule has 1 aromatic heterocycles. The first kappa shape index (κ1) is 19.5. The number of benzene rings is 2. The first-order chi connectivity index (χ1) is 13.0. The van der Waals surface area contributed by atoms with Crippen molar-refractivity contribution in [1.82, 2.24) is 5.27 Å². The zero-order valence-electron chi connectivity index (χ0n) is 14.2. The molecule has 0 saturated carbocycles. The average molecular weight is 425 g/mol. The van der Waals surface area contributed by atoms with Gasteiger partial charge in [0.2, 0.25) is 11.6 Å². The Morgan fingerprint density at radius 2 is 1.89 bits per heavy atom. The van der Waals surface area contributed by atoms with Crippen LogP contribution in [0.2, 0.25) is 10.0 Å². The maximum absolute atomic E-state index is 12.7. The highest BCUT2D eigenvalue weighted by Gasteiger charge is 2.30. The van der Waals surface area contributed by atoms with E-state index in [2.05, 4.69) is 10.6 Å². The number of para-hydroxylation sites is 1. The molecule has 2 N–H and O–H groups in total. The fourth-order valence-corrected chi connectivity index (χ4v) is 3.93. The highest BCUT2D eigenvalue weighted by Crippen LogP contribution is 2.25. The molecule has 1 atom stereocenters. The van der Waals surface area contributed by atoms with Gasteiger partial charge in [0, 0.05) is 27.9 Å². The van der Waals surface area contributed by atoms with Gasteiger partial charge >= 0.3 is 10.7 Å². The summed E-state index contributed by atoms with van der Waals surface area (Å²) in [5.41, 5.74) is 0.678. The van der Waals surface area contributed by atoms with Gasteiger partial charge in [-0.15, -0.1) is 0 Å². The van der Waals surface area contributed by atoms with E-state index in [9.17, 15) is 9.59 Å². The minimum Gasteiger partial charge on any atom is -0.325 e. The van der Waals surface area contributed by atoms with E-state index in [4.69, 9.17) is 27.7 Å². The Balaban J connectivity index is 1.82. The molecule has 3 aromatic rings. The fraction of sp³-hybridized carbons (Fsp3) is 0.167. The van der Waals surface area contributed by atoms with Crippen LogP contribution < -0.4 is 15.6 Å². The van der Waals surface area contributed by atoms with Crippen molar-refractivity contribution >= 4 is 46.6 Å². The number of carbonyl (C=O) groups excluding carboxylic acids is 1. The van der Waals surface area contributed by atoms with Gasteiger partial charge in [0.1, 0.15) is 0 Å². The summed E-state index contributed by atoms with van der Waals surface area (Å²) in [6.07, 6.45) is 0.504. The number of hydrogen-bond acceptors (Lipinski definition) is 4. The first-order valence-electron chi connectivity index (χ1n) is 8.10. The summed E-state index contributed by atoms with van der Waals surface area (Å²) in [4.78, 5) is 24.8. The van der Waals surface area contributed by atoms with Crippen LogP contribution in [0.1, 0.15) is 13.3 Å². The monoisotopic (exact) mass is 424 g/mol. The Morgan fingerprint density at radius 1 is 1.22 bits per heavy atom. The van der Waals surface area contributed by atoms with E-state index in [-0.39, 0.29) is 10.9 Å². The molecule has 9 heteroatoms. The van der Waals surface area contributed by atoms with E-state index >= 15 is 0 Å². The Morgan fingerprint density at radius 3 is 2.52 bits per heavy atom. The van der Waals surface area contributed by atoms with Gasteiger partial charge in [0.05, 0.1) is 5.25 Å². The highest BCUT2D eigenvalue weighted by molar-refractivity contribution is 8.00. The standard InChI is InChI=1S/C18H15Cl2N3O3S/c1-2-15(16(24)21-13-9-11(19)8-12(20)10-13)27-17-18(25)26-22-23(17)14-6-4-3-5-7-14/h3-10,15H,2H2,1H3,(H-,21,22,24,25)/p+1. The molecular weight excluding hydrogens is 409 g/mol. The number of nitrogens with zero attached hydrogens (tertiary/aromatic N) is 1. The van der Waals surface area contributed by atoms with E-state index < -0.39 is 10.9 Å². The van der Waals surface area contributed by atoms with Crippen LogP contribution in [0.5, 0.6) is 0 Å². The van der Waals surface area contributed by atoms with Crippen LogP contribution >= 0.6 is 35.0 Å². The number of aromatic amines is 1. The maximum atomic E-state index is 12.7. The Bertz CT molecular complexity index is 984. The molecule has 140 valence electrons. The van der Waals surface area contributed by atoms with E-state index in [0.29, 0.717) is 22.2 Å². The van der Waals surface area contributed by atoms with Gasteiger partial charge in [-0.2, -0.15) is 0 Å². The molecule has 0 aliphatic heterocycles. The number of amides is 1. The number of halogens is 2. The van der Waals surface area contributed by atoms with Crippen LogP contribution in [0.15, 0.2) is 62.9 Å². The van der Waals surface area contributed by atoms with Gasteiger partial charge < -0.3 is 5.32 Å². The summed E-state index contributed by atoms with van der Waals surface area (Å²) in [7, 11) is 0. The van der Waals surface area contributed by atoms with Gasteiger partial charge in [-0.1, -0.05) is 48.3 Å². The second kappa shape index (κ2) is 8.65. The van der Waals surface area contributed by atoms with Crippen molar-refractivity contribution in [1.29, 1.82) is 0 Å². The molecule has 27 heavy (non-hydrogen) atoms. The SMILES string of the molecule is CCC(Sc1c(=O)o[nH][n+]1-c1ccccc1)C(=O)Nc1cc(Cl)cc(Cl)c1. The van der Waals surface area contributed by atoms with E-state index in [1.807, 2.05) is 37.3 Å². The molecule has 6 nitrogen and oxygen atoms in total. The summed E-state index contributed by atoms with van der Waals surface area (Å²) >= 11 is 13.1. The second-order valence-corrected chi connectivity index (χ2v) is 7.68. The smallest absolute Gasteiger partial charge is 0.325 e. The molecule has 1 heterocycles. The molecule has 1 amide bonds. The Kier molecular flexibility index (Phi) is 6.26. The van der Waals surface area contributed by atoms with Gasteiger partial charge in [-0.25, -0.2) is 4.79 Å². The van der Waals surface area contributed by atoms with E-state index in [0.717, 1.165) is 17.4 Å². The minimum absolute atomic E-state index is 0.263. The van der Waals surface area contributed by atoms with E-state index in [1.54, 1.807) is 18.2 Å². The second-order valence-electron chi connectivity index (χ2n) is 5.62. The number of nitrogens with one attached hydrogen (secondary N) is 2. The summed E-state index contributed by atoms with van der Waals surface area (Å²) < 4.78 is 6.43. The Labute approximate surface area is 169 Å². The molecule has 3 rings (SSSR count). The van der Waals surface area contributed by atoms with Crippen LogP contribution in [0.3, 0.4) is 0 Å². The molecule has 0 spiro atoms. The average Bonchev–Trinajstić information content (AvgIpc) is 2.99. The van der Waals surface area contributed by atoms with Crippen LogP contribution in [0, 0.1) is 0 Å². The molecule has 2 aromatic carbocycles. The van der Waals surface area contributed by atoms with Gasteiger partial charge in [-0.3, -0.25) is 9.32 Å². The lowest BCUT2D eigenvalue weighted by Gasteiger charge is -2.12. The summed E-state index contributed by atoms with van der Waals surface area (Å²) in [6.45, 7) is 1.86. The largest absolute Gasteiger partial charge is 0.442 e. The topological polar surface area (TPSA) is 79.0 Å². The van der Waals surface area contributed by atoms with Crippen molar-refractivity contribution < 1.29 is 14.0 Å². The fourth-order valence-electron chi connectivity index (χ4n) is 2.42. The van der Waals surface area contributed by atoms with Crippen molar-refractivity contribution in [3.05, 3.63) is 69.0 Å². The van der Waals surface area contributed by atoms with Crippen molar-refractivity contribution in [2.24, 2.45) is 0 Å². The number of thioether (sulfide) groups is 1. The predicted molar refractivity (Wildman–Crippen MR) is 106 cm³/mol. The van der Waals surface area contributed by atoms with Crippen LogP contribution in [-0.4, -0.2) is 16.4 Å². The van der Waals surface area contributed by atoms with Crippen LogP contribution in [0.25, 0.3) is 5.69 Å². The van der Waals surface area contributed by atoms with Crippen LogP contribution in [-0.2, 0) is 4.79 Å². The van der Waals surface area contributed by atoms with Gasteiger partial charge in [-0.05, 0) is 46.3 Å². The number of anilines is 1. The molecule has 0 fully saturated rings. The first-order valence-corrected chi connectivity index (χ1v) is 9.74. The lowest BCUT2D eigenvalue weighted by molar-refractivity contribution is -0.704. The molecule has 1 unspecified atom stereocenters. The zero-order chi connectivity index (χ0) is 19.4. The van der Waals surface area contributed by atoms with E-state index in [1.165, 1.54) is 4.68 Å². The summed E-state index contributed by atoms with van der Waals surface area (Å²) in [5, 5.41) is 5.96. The molecule has 0 aliphatic rings. The highest BCUT2D eigenvalue weighted by atomic mass is 35.5. The third-order valence-electron chi connectivity index (χ3n) is 3.67. The number of H-pyrrole nitrogens is 1. The number of hydrogen-bond donors (Lipinski definition) is 2. The van der Waals surface area contributed by atoms with Crippen molar-refractivity contribution in [2.75, 3.05) is 5.32 Å². The van der Waals surface area contributed by atoms with Crippen LogP contribution in [0.4, 0.5) is 5.69 Å². The summed E-state index contributed by atoms with van der Waals surface area (Å²) in [6, 6.07) is 14.0.